The number of nitrogens with zero attached hydrogens (tertiary/aromatic N) is 2. The van der Waals surface area contributed by atoms with Crippen LogP contribution in [0.15, 0.2) is 12.4 Å². The first-order valence-electron chi connectivity index (χ1n) is 5.32. The highest BCUT2D eigenvalue weighted by atomic mass is 16.3. The van der Waals surface area contributed by atoms with E-state index in [9.17, 15) is 0 Å². The number of nitrogens with one attached hydrogen (secondary N) is 2. The van der Waals surface area contributed by atoms with Gasteiger partial charge in [-0.25, -0.2) is 9.97 Å². The number of rotatable bonds is 6. The summed E-state index contributed by atoms with van der Waals surface area (Å²) in [7, 11) is 0. The van der Waals surface area contributed by atoms with Gasteiger partial charge in [-0.1, -0.05) is 0 Å². The third-order valence-corrected chi connectivity index (χ3v) is 2.24. The van der Waals surface area contributed by atoms with Crippen LogP contribution in [0.2, 0.25) is 0 Å². The van der Waals surface area contributed by atoms with E-state index in [1.54, 1.807) is 6.33 Å². The molecule has 5 heteroatoms. The van der Waals surface area contributed by atoms with Crippen molar-refractivity contribution in [1.29, 1.82) is 0 Å². The Balaban J connectivity index is 1.86. The topological polar surface area (TPSA) is 70.1 Å². The number of aromatic nitrogens is 2. The van der Waals surface area contributed by atoms with Crippen molar-refractivity contribution in [2.24, 2.45) is 0 Å². The van der Waals surface area contributed by atoms with Gasteiger partial charge in [-0.2, -0.15) is 0 Å². The fourth-order valence-electron chi connectivity index (χ4n) is 1.27. The Morgan fingerprint density at radius 1 is 1.33 bits per heavy atom. The van der Waals surface area contributed by atoms with Gasteiger partial charge in [-0.15, -0.1) is 0 Å². The van der Waals surface area contributed by atoms with Crippen LogP contribution < -0.4 is 10.6 Å². The van der Waals surface area contributed by atoms with Gasteiger partial charge in [0.25, 0.3) is 0 Å². The molecule has 1 saturated carbocycles. The second kappa shape index (κ2) is 4.93. The van der Waals surface area contributed by atoms with Crippen molar-refractivity contribution >= 4 is 11.6 Å². The van der Waals surface area contributed by atoms with Crippen molar-refractivity contribution < 1.29 is 5.11 Å². The lowest BCUT2D eigenvalue weighted by Gasteiger charge is -2.06. The molecule has 1 aromatic heterocycles. The molecule has 1 aromatic rings. The Hall–Kier alpha value is -1.36. The Morgan fingerprint density at radius 3 is 2.87 bits per heavy atom. The zero-order valence-electron chi connectivity index (χ0n) is 8.61. The number of aliphatic hydroxyl groups excluding tert-OH is 1. The maximum atomic E-state index is 8.64. The molecule has 82 valence electrons. The van der Waals surface area contributed by atoms with E-state index in [1.807, 2.05) is 6.07 Å². The van der Waals surface area contributed by atoms with Crippen LogP contribution >= 0.6 is 0 Å². The van der Waals surface area contributed by atoms with E-state index < -0.39 is 0 Å². The Kier molecular flexibility index (Phi) is 3.34. The van der Waals surface area contributed by atoms with Crippen LogP contribution in [-0.4, -0.2) is 34.3 Å². The zero-order chi connectivity index (χ0) is 10.5. The summed E-state index contributed by atoms with van der Waals surface area (Å²) < 4.78 is 0. The van der Waals surface area contributed by atoms with E-state index >= 15 is 0 Å². The highest BCUT2D eigenvalue weighted by Crippen LogP contribution is 2.23. The summed E-state index contributed by atoms with van der Waals surface area (Å²) in [5.74, 6) is 1.68. The van der Waals surface area contributed by atoms with Crippen LogP contribution in [0, 0.1) is 0 Å². The van der Waals surface area contributed by atoms with E-state index in [0.717, 1.165) is 24.6 Å². The molecular formula is C10H16N4O. The molecule has 0 radical (unpaired) electrons. The van der Waals surface area contributed by atoms with Gasteiger partial charge in [0.2, 0.25) is 0 Å². The number of anilines is 2. The first-order valence-corrected chi connectivity index (χ1v) is 5.32. The van der Waals surface area contributed by atoms with E-state index in [2.05, 4.69) is 20.6 Å². The van der Waals surface area contributed by atoms with Gasteiger partial charge in [-0.3, -0.25) is 0 Å². The molecule has 0 unspecified atom stereocenters. The minimum atomic E-state index is 0.200. The molecule has 0 saturated heterocycles. The number of aliphatic hydroxyl groups is 1. The standard InChI is InChI=1S/C10H16N4O/c15-5-1-4-11-9-6-10(13-7-12-9)14-8-2-3-8/h6-8,15H,1-5H2,(H2,11,12,13,14). The molecule has 15 heavy (non-hydrogen) atoms. The fraction of sp³-hybridized carbons (Fsp3) is 0.600. The minimum absolute atomic E-state index is 0.200. The molecule has 3 N–H and O–H groups in total. The summed E-state index contributed by atoms with van der Waals surface area (Å²) in [5, 5.41) is 15.1. The van der Waals surface area contributed by atoms with Gasteiger partial charge in [0.1, 0.15) is 18.0 Å². The summed E-state index contributed by atoms with van der Waals surface area (Å²) in [6.45, 7) is 0.932. The quantitative estimate of drug-likeness (QED) is 0.604. The molecule has 5 nitrogen and oxygen atoms in total. The fourth-order valence-corrected chi connectivity index (χ4v) is 1.27. The summed E-state index contributed by atoms with van der Waals surface area (Å²) in [5.41, 5.74) is 0. The zero-order valence-corrected chi connectivity index (χ0v) is 8.61. The van der Waals surface area contributed by atoms with Crippen LogP contribution in [0.3, 0.4) is 0 Å². The van der Waals surface area contributed by atoms with Crippen molar-refractivity contribution in [2.45, 2.75) is 25.3 Å². The first-order chi connectivity index (χ1) is 7.38. The lowest BCUT2D eigenvalue weighted by molar-refractivity contribution is 0.292. The normalized spacial score (nSPS) is 15.0. The molecule has 0 aliphatic heterocycles. The number of hydrogen-bond donors (Lipinski definition) is 3. The van der Waals surface area contributed by atoms with Crippen molar-refractivity contribution in [2.75, 3.05) is 23.8 Å². The predicted octanol–water partition coefficient (Wildman–Crippen LogP) is 0.845. The van der Waals surface area contributed by atoms with Crippen LogP contribution in [-0.2, 0) is 0 Å². The third-order valence-electron chi connectivity index (χ3n) is 2.24. The highest BCUT2D eigenvalue weighted by Gasteiger charge is 2.21. The monoisotopic (exact) mass is 208 g/mol. The average Bonchev–Trinajstić information content (AvgIpc) is 3.03. The van der Waals surface area contributed by atoms with E-state index in [0.29, 0.717) is 6.04 Å². The summed E-state index contributed by atoms with van der Waals surface area (Å²) in [6.07, 6.45) is 4.75. The van der Waals surface area contributed by atoms with Gasteiger partial charge in [0, 0.05) is 25.3 Å². The molecule has 0 amide bonds. The van der Waals surface area contributed by atoms with E-state index in [1.165, 1.54) is 12.8 Å². The van der Waals surface area contributed by atoms with Crippen LogP contribution in [0.25, 0.3) is 0 Å². The first kappa shape index (κ1) is 10.2. The Morgan fingerprint density at radius 2 is 2.13 bits per heavy atom. The molecule has 0 spiro atoms. The Labute approximate surface area is 88.9 Å². The molecule has 0 bridgehead atoms. The molecule has 0 aromatic carbocycles. The van der Waals surface area contributed by atoms with Gasteiger partial charge >= 0.3 is 0 Å². The minimum Gasteiger partial charge on any atom is -0.396 e. The molecular weight excluding hydrogens is 192 g/mol. The van der Waals surface area contributed by atoms with Gasteiger partial charge in [0.15, 0.2) is 0 Å². The maximum Gasteiger partial charge on any atom is 0.131 e. The SMILES string of the molecule is OCCCNc1cc(NC2CC2)ncn1. The highest BCUT2D eigenvalue weighted by molar-refractivity contribution is 5.47. The maximum absolute atomic E-state index is 8.64. The molecule has 2 rings (SSSR count). The third kappa shape index (κ3) is 3.36. The van der Waals surface area contributed by atoms with Gasteiger partial charge < -0.3 is 15.7 Å². The second-order valence-corrected chi connectivity index (χ2v) is 3.71. The Bertz CT molecular complexity index is 314. The summed E-state index contributed by atoms with van der Waals surface area (Å²) >= 11 is 0. The van der Waals surface area contributed by atoms with Crippen molar-refractivity contribution in [3.05, 3.63) is 12.4 Å². The molecule has 1 fully saturated rings. The van der Waals surface area contributed by atoms with E-state index in [4.69, 9.17) is 5.11 Å². The summed E-state index contributed by atoms with van der Waals surface area (Å²) in [6, 6.07) is 2.50. The van der Waals surface area contributed by atoms with Crippen LogP contribution in [0.4, 0.5) is 11.6 Å². The van der Waals surface area contributed by atoms with Crippen molar-refractivity contribution in [1.82, 2.24) is 9.97 Å². The van der Waals surface area contributed by atoms with Gasteiger partial charge in [-0.05, 0) is 19.3 Å². The predicted molar refractivity (Wildman–Crippen MR) is 58.9 cm³/mol. The lowest BCUT2D eigenvalue weighted by atomic mass is 10.4. The van der Waals surface area contributed by atoms with Crippen LogP contribution in [0.1, 0.15) is 19.3 Å². The summed E-state index contributed by atoms with van der Waals surface area (Å²) in [4.78, 5) is 8.23. The molecule has 1 aliphatic rings. The molecule has 1 aliphatic carbocycles. The average molecular weight is 208 g/mol. The van der Waals surface area contributed by atoms with Crippen LogP contribution in [0.5, 0.6) is 0 Å². The molecule has 0 atom stereocenters. The smallest absolute Gasteiger partial charge is 0.131 e. The van der Waals surface area contributed by atoms with Crippen molar-refractivity contribution in [3.8, 4) is 0 Å². The van der Waals surface area contributed by atoms with Gasteiger partial charge in [0.05, 0.1) is 0 Å². The van der Waals surface area contributed by atoms with E-state index in [-0.39, 0.29) is 6.61 Å². The second-order valence-electron chi connectivity index (χ2n) is 3.71. The lowest BCUT2D eigenvalue weighted by Crippen LogP contribution is -2.07. The van der Waals surface area contributed by atoms with Crippen molar-refractivity contribution in [3.63, 3.8) is 0 Å². The number of hydrogen-bond acceptors (Lipinski definition) is 5. The molecule has 1 heterocycles. The largest absolute Gasteiger partial charge is 0.396 e.